The number of nitrogens with one attached hydrogen (secondary N) is 1. The van der Waals surface area contributed by atoms with Gasteiger partial charge in [-0.1, -0.05) is 6.07 Å². The molecule has 1 rings (SSSR count). The monoisotopic (exact) mass is 256 g/mol. The summed E-state index contributed by atoms with van der Waals surface area (Å²) in [5.74, 6) is 6.16. The second-order valence-corrected chi connectivity index (χ2v) is 4.62. The van der Waals surface area contributed by atoms with Gasteiger partial charge >= 0.3 is 0 Å². The molecule has 0 aliphatic carbocycles. The van der Waals surface area contributed by atoms with E-state index < -0.39 is 0 Å². The van der Waals surface area contributed by atoms with E-state index >= 15 is 0 Å². The maximum absolute atomic E-state index is 5.49. The van der Waals surface area contributed by atoms with Crippen LogP contribution in [0.2, 0.25) is 0 Å². The predicted octanol–water partition coefficient (Wildman–Crippen LogP) is 1.21. The molecule has 0 saturated heterocycles. The second kappa shape index (κ2) is 7.26. The highest BCUT2D eigenvalue weighted by atomic mass is 32.1. The van der Waals surface area contributed by atoms with Gasteiger partial charge in [-0.2, -0.15) is 0 Å². The summed E-state index contributed by atoms with van der Waals surface area (Å²) in [6, 6.07) is 4.39. The van der Waals surface area contributed by atoms with Crippen molar-refractivity contribution in [3.63, 3.8) is 0 Å². The Hall–Kier alpha value is -1.11. The Bertz CT molecular complexity index is 339. The minimum Gasteiger partial charge on any atom is -0.383 e. The SMILES string of the molecule is COCCN=C(NN)N(C)C(C)c1cccs1. The molecule has 1 aromatic rings. The molecular formula is C11H20N4OS. The number of nitrogens with zero attached hydrogens (tertiary/aromatic N) is 2. The van der Waals surface area contributed by atoms with Crippen LogP contribution in [0.1, 0.15) is 17.8 Å². The highest BCUT2D eigenvalue weighted by Gasteiger charge is 2.15. The molecule has 0 amide bonds. The summed E-state index contributed by atoms with van der Waals surface area (Å²) >= 11 is 1.73. The van der Waals surface area contributed by atoms with Gasteiger partial charge in [-0.15, -0.1) is 11.3 Å². The topological polar surface area (TPSA) is 62.9 Å². The lowest BCUT2D eigenvalue weighted by molar-refractivity contribution is 0.207. The Morgan fingerprint density at radius 3 is 3.00 bits per heavy atom. The van der Waals surface area contributed by atoms with Gasteiger partial charge in [-0.05, 0) is 18.4 Å². The van der Waals surface area contributed by atoms with Crippen molar-refractivity contribution in [3.8, 4) is 0 Å². The van der Waals surface area contributed by atoms with E-state index in [0.29, 0.717) is 19.1 Å². The summed E-state index contributed by atoms with van der Waals surface area (Å²) in [4.78, 5) is 7.64. The molecule has 0 saturated carbocycles. The van der Waals surface area contributed by atoms with Gasteiger partial charge in [0.15, 0.2) is 0 Å². The average molecular weight is 256 g/mol. The van der Waals surface area contributed by atoms with E-state index in [1.807, 2.05) is 18.0 Å². The molecule has 0 aliphatic heterocycles. The molecule has 1 aromatic heterocycles. The summed E-state index contributed by atoms with van der Waals surface area (Å²) < 4.78 is 4.96. The number of hydrazine groups is 1. The first-order valence-corrected chi connectivity index (χ1v) is 6.35. The van der Waals surface area contributed by atoms with Gasteiger partial charge in [0.2, 0.25) is 5.96 Å². The largest absolute Gasteiger partial charge is 0.383 e. The van der Waals surface area contributed by atoms with Crippen LogP contribution in [0.3, 0.4) is 0 Å². The maximum atomic E-state index is 5.49. The quantitative estimate of drug-likeness (QED) is 0.273. The third kappa shape index (κ3) is 3.99. The van der Waals surface area contributed by atoms with Crippen LogP contribution < -0.4 is 11.3 Å². The minimum atomic E-state index is 0.243. The van der Waals surface area contributed by atoms with Crippen LogP contribution in [0.25, 0.3) is 0 Å². The Balaban J connectivity index is 2.65. The van der Waals surface area contributed by atoms with Gasteiger partial charge in [0.25, 0.3) is 0 Å². The number of hydrogen-bond acceptors (Lipinski definition) is 4. The molecule has 17 heavy (non-hydrogen) atoms. The van der Waals surface area contributed by atoms with Crippen LogP contribution in [-0.2, 0) is 4.74 Å². The number of ether oxygens (including phenoxy) is 1. The van der Waals surface area contributed by atoms with Crippen molar-refractivity contribution in [2.24, 2.45) is 10.8 Å². The fourth-order valence-corrected chi connectivity index (χ4v) is 2.23. The Morgan fingerprint density at radius 2 is 2.47 bits per heavy atom. The first-order valence-electron chi connectivity index (χ1n) is 5.47. The molecule has 0 radical (unpaired) electrons. The lowest BCUT2D eigenvalue weighted by Gasteiger charge is -2.26. The number of aliphatic imine (C=N–C) groups is 1. The van der Waals surface area contributed by atoms with E-state index in [0.717, 1.165) is 0 Å². The first-order chi connectivity index (χ1) is 8.20. The van der Waals surface area contributed by atoms with Crippen molar-refractivity contribution in [2.45, 2.75) is 13.0 Å². The number of hydrogen-bond donors (Lipinski definition) is 2. The van der Waals surface area contributed by atoms with Crippen molar-refractivity contribution < 1.29 is 4.74 Å². The van der Waals surface area contributed by atoms with E-state index in [1.165, 1.54) is 4.88 Å². The molecule has 3 N–H and O–H groups in total. The molecule has 0 fully saturated rings. The third-order valence-corrected chi connectivity index (χ3v) is 3.60. The molecule has 1 atom stereocenters. The lowest BCUT2D eigenvalue weighted by atomic mass is 10.2. The van der Waals surface area contributed by atoms with Crippen LogP contribution in [-0.4, -0.2) is 38.2 Å². The second-order valence-electron chi connectivity index (χ2n) is 3.64. The van der Waals surface area contributed by atoms with Gasteiger partial charge in [-0.25, -0.2) is 10.8 Å². The molecule has 1 heterocycles. The minimum absolute atomic E-state index is 0.243. The number of methoxy groups -OCH3 is 1. The predicted molar refractivity (Wildman–Crippen MR) is 72.0 cm³/mol. The lowest BCUT2D eigenvalue weighted by Crippen LogP contribution is -2.44. The first kappa shape index (κ1) is 14.0. The zero-order valence-corrected chi connectivity index (χ0v) is 11.3. The van der Waals surface area contributed by atoms with Crippen molar-refractivity contribution in [2.75, 3.05) is 27.3 Å². The van der Waals surface area contributed by atoms with E-state index in [1.54, 1.807) is 18.4 Å². The van der Waals surface area contributed by atoms with E-state index in [9.17, 15) is 0 Å². The summed E-state index contributed by atoms with van der Waals surface area (Å²) in [7, 11) is 3.62. The summed E-state index contributed by atoms with van der Waals surface area (Å²) in [6.07, 6.45) is 0. The Labute approximate surface area is 106 Å². The maximum Gasteiger partial charge on any atom is 0.208 e. The van der Waals surface area contributed by atoms with Crippen molar-refractivity contribution in [1.29, 1.82) is 0 Å². The molecule has 0 bridgehead atoms. The molecule has 1 unspecified atom stereocenters. The summed E-state index contributed by atoms with van der Waals surface area (Å²) in [6.45, 7) is 3.30. The summed E-state index contributed by atoms with van der Waals surface area (Å²) in [5.41, 5.74) is 2.63. The molecule has 0 aromatic carbocycles. The van der Waals surface area contributed by atoms with Gasteiger partial charge in [0.1, 0.15) is 0 Å². The fourth-order valence-electron chi connectivity index (χ4n) is 1.41. The number of guanidine groups is 1. The number of rotatable bonds is 5. The van der Waals surface area contributed by atoms with Gasteiger partial charge in [0.05, 0.1) is 19.2 Å². The fraction of sp³-hybridized carbons (Fsp3) is 0.545. The van der Waals surface area contributed by atoms with Crippen LogP contribution in [0.15, 0.2) is 22.5 Å². The third-order valence-electron chi connectivity index (χ3n) is 2.56. The zero-order chi connectivity index (χ0) is 12.7. The molecule has 6 heteroatoms. The normalized spacial score (nSPS) is 13.5. The van der Waals surface area contributed by atoms with Crippen molar-refractivity contribution in [1.82, 2.24) is 10.3 Å². The standard InChI is InChI=1S/C11H20N4OS/c1-9(10-5-4-8-17-10)15(2)11(14-12)13-6-7-16-3/h4-5,8-9H,6-7,12H2,1-3H3,(H,13,14). The molecule has 0 aliphatic rings. The van der Waals surface area contributed by atoms with Crippen molar-refractivity contribution in [3.05, 3.63) is 22.4 Å². The van der Waals surface area contributed by atoms with Crippen LogP contribution in [0, 0.1) is 0 Å². The Morgan fingerprint density at radius 1 is 1.71 bits per heavy atom. The molecule has 96 valence electrons. The van der Waals surface area contributed by atoms with Gasteiger partial charge in [0, 0.05) is 19.0 Å². The van der Waals surface area contributed by atoms with Gasteiger partial charge < -0.3 is 9.64 Å². The highest BCUT2D eigenvalue weighted by molar-refractivity contribution is 7.10. The smallest absolute Gasteiger partial charge is 0.208 e. The van der Waals surface area contributed by atoms with Crippen LogP contribution in [0.5, 0.6) is 0 Å². The summed E-state index contributed by atoms with van der Waals surface area (Å²) in [5, 5.41) is 2.07. The zero-order valence-electron chi connectivity index (χ0n) is 10.5. The average Bonchev–Trinajstić information content (AvgIpc) is 2.87. The van der Waals surface area contributed by atoms with E-state index in [-0.39, 0.29) is 6.04 Å². The number of thiophene rings is 1. The Kier molecular flexibility index (Phi) is 5.96. The van der Waals surface area contributed by atoms with Crippen LogP contribution >= 0.6 is 11.3 Å². The van der Waals surface area contributed by atoms with Crippen molar-refractivity contribution >= 4 is 17.3 Å². The van der Waals surface area contributed by atoms with Gasteiger partial charge in [-0.3, -0.25) is 5.43 Å². The van der Waals surface area contributed by atoms with E-state index in [2.05, 4.69) is 28.8 Å². The highest BCUT2D eigenvalue weighted by Crippen LogP contribution is 2.23. The number of nitrogens with two attached hydrogens (primary N) is 1. The molecule has 5 nitrogen and oxygen atoms in total. The van der Waals surface area contributed by atoms with E-state index in [4.69, 9.17) is 10.6 Å². The molecular weight excluding hydrogens is 236 g/mol. The van der Waals surface area contributed by atoms with Crippen LogP contribution in [0.4, 0.5) is 0 Å². The molecule has 0 spiro atoms.